The summed E-state index contributed by atoms with van der Waals surface area (Å²) in [6.07, 6.45) is 1.79. The Hall–Kier alpha value is -0.740. The van der Waals surface area contributed by atoms with Gasteiger partial charge in [0, 0.05) is 21.9 Å². The van der Waals surface area contributed by atoms with Gasteiger partial charge in [-0.05, 0) is 65.7 Å². The van der Waals surface area contributed by atoms with Crippen LogP contribution in [0.4, 0.5) is 0 Å². The third-order valence-electron chi connectivity index (χ3n) is 4.85. The Labute approximate surface area is 207 Å². The highest BCUT2D eigenvalue weighted by Gasteiger charge is 2.34. The maximum atomic E-state index is 12.5. The molecule has 4 nitrogen and oxygen atoms in total. The predicted molar refractivity (Wildman–Crippen MR) is 146 cm³/mol. The number of nitrogens with one attached hydrogen (secondary N) is 2. The molecule has 0 aromatic carbocycles. The highest BCUT2D eigenvalue weighted by molar-refractivity contribution is 5.89. The van der Waals surface area contributed by atoms with Crippen LogP contribution < -0.4 is 10.6 Å². The molecule has 0 aliphatic heterocycles. The topological polar surface area (TPSA) is 58.2 Å². The van der Waals surface area contributed by atoms with Gasteiger partial charge in [-0.1, -0.05) is 76.2 Å². The molecule has 0 rings (SSSR count). The molecule has 0 aromatic heterocycles. The van der Waals surface area contributed by atoms with E-state index in [1.54, 1.807) is 0 Å². The van der Waals surface area contributed by atoms with Crippen LogP contribution in [0.2, 0.25) is 0 Å². The third kappa shape index (κ3) is 18.3. The van der Waals surface area contributed by atoms with Crippen molar-refractivity contribution in [2.45, 2.75) is 154 Å². The molecule has 0 unspecified atom stereocenters. The monoisotopic (exact) mass is 468 g/mol. The van der Waals surface area contributed by atoms with E-state index in [1.165, 1.54) is 0 Å². The number of hydrogen-bond donors (Lipinski definition) is 2. The number of rotatable bonds is 7. The van der Waals surface area contributed by atoms with E-state index in [1.807, 2.05) is 41.5 Å². The van der Waals surface area contributed by atoms with Gasteiger partial charge in [-0.2, -0.15) is 0 Å². The molecule has 0 fully saturated rings. The van der Waals surface area contributed by atoms with Gasteiger partial charge in [-0.15, -0.1) is 0 Å². The summed E-state index contributed by atoms with van der Waals surface area (Å²) in [5, 5.41) is 6.91. The summed E-state index contributed by atoms with van der Waals surface area (Å²) in [5.41, 5.74) is -0.437. The SMILES string of the molecule is CC(C)(C)C[C@H](NC(C)(C)C)C(=O)C(C)(C)C.CC(C)C[C@H](NC(C)(C)C)C(=O)C(C)(C)C. The van der Waals surface area contributed by atoms with Crippen LogP contribution in [0.1, 0.15) is 131 Å². The van der Waals surface area contributed by atoms with E-state index in [0.29, 0.717) is 17.5 Å². The summed E-state index contributed by atoms with van der Waals surface area (Å²) in [6.45, 7) is 35.5. The second-order valence-corrected chi connectivity index (χ2v) is 15.5. The van der Waals surface area contributed by atoms with Crippen molar-refractivity contribution < 1.29 is 9.59 Å². The molecule has 0 amide bonds. The fourth-order valence-corrected chi connectivity index (χ4v) is 3.62. The summed E-state index contributed by atoms with van der Waals surface area (Å²) in [6, 6.07) is -0.0880. The minimum absolute atomic E-state index is 0.0134. The van der Waals surface area contributed by atoms with Crippen molar-refractivity contribution in [2.24, 2.45) is 22.2 Å². The van der Waals surface area contributed by atoms with Crippen molar-refractivity contribution in [3.05, 3.63) is 0 Å². The van der Waals surface area contributed by atoms with Gasteiger partial charge < -0.3 is 10.6 Å². The van der Waals surface area contributed by atoms with Crippen molar-refractivity contribution in [1.29, 1.82) is 0 Å². The average molecular weight is 469 g/mol. The predicted octanol–water partition coefficient (Wildman–Crippen LogP) is 7.20. The molecular formula is C29H60N2O2. The summed E-state index contributed by atoms with van der Waals surface area (Å²) in [7, 11) is 0. The standard InChI is InChI=1S/C15H31NO.C14H29NO/c1-13(2,3)10-11(16-15(7,8)9)12(17)14(4,5)6;1-10(2)9-11(15-14(6,7)8)12(16)13(3,4)5/h11,16H,10H2,1-9H3;10-11,15H,9H2,1-8H3/t2*11-/m00/s1. The number of carbonyl (C=O) groups excluding carboxylic acids is 2. The molecule has 2 atom stereocenters. The molecule has 4 heteroatoms. The quantitative estimate of drug-likeness (QED) is 0.415. The normalized spacial score (nSPS) is 15.6. The third-order valence-corrected chi connectivity index (χ3v) is 4.85. The van der Waals surface area contributed by atoms with E-state index < -0.39 is 0 Å². The van der Waals surface area contributed by atoms with Gasteiger partial charge in [-0.3, -0.25) is 9.59 Å². The van der Waals surface area contributed by atoms with Crippen molar-refractivity contribution in [3.8, 4) is 0 Å². The number of hydrogen-bond acceptors (Lipinski definition) is 4. The van der Waals surface area contributed by atoms with E-state index in [0.717, 1.165) is 12.8 Å². The van der Waals surface area contributed by atoms with Crippen LogP contribution in [0.5, 0.6) is 0 Å². The van der Waals surface area contributed by atoms with Gasteiger partial charge in [0.25, 0.3) is 0 Å². The van der Waals surface area contributed by atoms with Crippen molar-refractivity contribution in [3.63, 3.8) is 0 Å². The van der Waals surface area contributed by atoms with E-state index in [2.05, 4.69) is 86.8 Å². The fourth-order valence-electron chi connectivity index (χ4n) is 3.62. The van der Waals surface area contributed by atoms with E-state index >= 15 is 0 Å². The Kier molecular flexibility index (Phi) is 12.8. The summed E-state index contributed by atoms with van der Waals surface area (Å²) in [5.74, 6) is 1.16. The lowest BCUT2D eigenvalue weighted by Gasteiger charge is -2.35. The first kappa shape index (κ1) is 34.4. The van der Waals surface area contributed by atoms with Gasteiger partial charge in [0.05, 0.1) is 12.1 Å². The summed E-state index contributed by atoms with van der Waals surface area (Å²) < 4.78 is 0. The molecular weight excluding hydrogens is 408 g/mol. The molecule has 0 spiro atoms. The van der Waals surface area contributed by atoms with Crippen molar-refractivity contribution >= 4 is 11.6 Å². The average Bonchev–Trinajstić information content (AvgIpc) is 2.46. The first-order valence-corrected chi connectivity index (χ1v) is 12.8. The van der Waals surface area contributed by atoms with Gasteiger partial charge in [0.2, 0.25) is 0 Å². The molecule has 2 N–H and O–H groups in total. The molecule has 0 aliphatic rings. The van der Waals surface area contributed by atoms with Crippen molar-refractivity contribution in [1.82, 2.24) is 10.6 Å². The number of Topliss-reactive ketones (excluding diaryl/α,β-unsaturated/α-hetero) is 2. The van der Waals surface area contributed by atoms with Gasteiger partial charge in [0.15, 0.2) is 11.6 Å². The second-order valence-electron chi connectivity index (χ2n) is 15.5. The Morgan fingerprint density at radius 2 is 0.879 bits per heavy atom. The Morgan fingerprint density at radius 1 is 0.576 bits per heavy atom. The highest BCUT2D eigenvalue weighted by Crippen LogP contribution is 2.27. The fraction of sp³-hybridized carbons (Fsp3) is 0.931. The molecule has 33 heavy (non-hydrogen) atoms. The summed E-state index contributed by atoms with van der Waals surface area (Å²) >= 11 is 0. The van der Waals surface area contributed by atoms with Crippen LogP contribution in [0.15, 0.2) is 0 Å². The summed E-state index contributed by atoms with van der Waals surface area (Å²) in [4.78, 5) is 24.8. The van der Waals surface area contributed by atoms with Gasteiger partial charge in [0.1, 0.15) is 0 Å². The molecule has 0 aliphatic carbocycles. The zero-order chi connectivity index (χ0) is 27.2. The van der Waals surface area contributed by atoms with Crippen LogP contribution in [0.25, 0.3) is 0 Å². The molecule has 0 saturated heterocycles. The van der Waals surface area contributed by atoms with E-state index in [9.17, 15) is 9.59 Å². The largest absolute Gasteiger partial charge is 0.303 e. The van der Waals surface area contributed by atoms with Gasteiger partial charge in [-0.25, -0.2) is 0 Å². The molecule has 198 valence electrons. The molecule has 0 bridgehead atoms. The lowest BCUT2D eigenvalue weighted by molar-refractivity contribution is -0.130. The zero-order valence-electron chi connectivity index (χ0n) is 25.5. The lowest BCUT2D eigenvalue weighted by atomic mass is 9.79. The maximum Gasteiger partial charge on any atom is 0.155 e. The smallest absolute Gasteiger partial charge is 0.155 e. The first-order chi connectivity index (χ1) is 14.2. The second kappa shape index (κ2) is 12.3. The van der Waals surface area contributed by atoms with Crippen LogP contribution in [-0.2, 0) is 9.59 Å². The van der Waals surface area contributed by atoms with Crippen LogP contribution >= 0.6 is 0 Å². The Balaban J connectivity index is 0. The van der Waals surface area contributed by atoms with Crippen molar-refractivity contribution in [2.75, 3.05) is 0 Å². The minimum Gasteiger partial charge on any atom is -0.303 e. The zero-order valence-corrected chi connectivity index (χ0v) is 25.5. The maximum absolute atomic E-state index is 12.5. The Morgan fingerprint density at radius 3 is 1.12 bits per heavy atom. The molecule has 0 radical (unpaired) electrons. The highest BCUT2D eigenvalue weighted by atomic mass is 16.1. The van der Waals surface area contributed by atoms with E-state index in [4.69, 9.17) is 0 Å². The van der Waals surface area contributed by atoms with Gasteiger partial charge >= 0.3 is 0 Å². The Bertz CT molecular complexity index is 584. The molecule has 0 heterocycles. The minimum atomic E-state index is -0.284. The first-order valence-electron chi connectivity index (χ1n) is 12.8. The lowest BCUT2D eigenvalue weighted by Crippen LogP contribution is -2.52. The number of ketones is 2. The van der Waals surface area contributed by atoms with E-state index in [-0.39, 0.29) is 39.4 Å². The van der Waals surface area contributed by atoms with Crippen LogP contribution in [0.3, 0.4) is 0 Å². The van der Waals surface area contributed by atoms with Crippen LogP contribution in [0, 0.1) is 22.2 Å². The molecule has 0 saturated carbocycles. The molecule has 0 aromatic rings. The number of carbonyl (C=O) groups is 2. The van der Waals surface area contributed by atoms with Crippen LogP contribution in [-0.4, -0.2) is 34.7 Å².